The van der Waals surface area contributed by atoms with Crippen LogP contribution in [0.5, 0.6) is 5.75 Å². The fourth-order valence-electron chi connectivity index (χ4n) is 4.73. The van der Waals surface area contributed by atoms with Gasteiger partial charge in [0.2, 0.25) is 20.0 Å². The fraction of sp³-hybridized carbons (Fsp3) is 0.0370. The van der Waals surface area contributed by atoms with E-state index in [2.05, 4.69) is 20.5 Å². The Hall–Kier alpha value is -5.36. The quantitative estimate of drug-likeness (QED) is 0.171. The lowest BCUT2D eigenvalue weighted by Gasteiger charge is -2.17. The first-order valence-corrected chi connectivity index (χ1v) is 15.3. The number of nitrogens with two attached hydrogens (primary N) is 2. The molecule has 1 unspecified atom stereocenters. The summed E-state index contributed by atoms with van der Waals surface area (Å²) in [6.45, 7) is 0. The van der Waals surface area contributed by atoms with E-state index in [1.807, 2.05) is 0 Å². The Kier molecular flexibility index (Phi) is 7.56. The Morgan fingerprint density at radius 2 is 1.27 bits per heavy atom. The van der Waals surface area contributed by atoms with Crippen molar-refractivity contribution in [3.63, 3.8) is 0 Å². The molecule has 0 fully saturated rings. The van der Waals surface area contributed by atoms with Gasteiger partial charge in [0.15, 0.2) is 0 Å². The number of carbonyl (C=O) groups is 2. The van der Waals surface area contributed by atoms with Crippen LogP contribution >= 0.6 is 0 Å². The second-order valence-corrected chi connectivity index (χ2v) is 12.4. The third kappa shape index (κ3) is 5.66. The molecule has 2 aliphatic rings. The number of carboxylic acid groups (broad SMARTS) is 2. The zero-order valence-electron chi connectivity index (χ0n) is 22.1. The smallest absolute Gasteiger partial charge is 0.339 e. The van der Waals surface area contributed by atoms with Crippen molar-refractivity contribution in [3.05, 3.63) is 89.5 Å². The number of aromatic hydroxyl groups is 1. The Balaban J connectivity index is 1.64. The highest BCUT2D eigenvalue weighted by atomic mass is 32.2. The maximum absolute atomic E-state index is 12.9. The van der Waals surface area contributed by atoms with E-state index in [1.165, 1.54) is 36.4 Å². The summed E-state index contributed by atoms with van der Waals surface area (Å²) >= 11 is 0. The van der Waals surface area contributed by atoms with Crippen LogP contribution in [0.15, 0.2) is 103 Å². The van der Waals surface area contributed by atoms with E-state index in [0.717, 1.165) is 12.1 Å². The van der Waals surface area contributed by atoms with Gasteiger partial charge in [0.25, 0.3) is 0 Å². The van der Waals surface area contributed by atoms with E-state index in [0.29, 0.717) is 11.1 Å². The lowest BCUT2D eigenvalue weighted by molar-refractivity contribution is -0.137. The van der Waals surface area contributed by atoms with Crippen molar-refractivity contribution < 1.29 is 41.7 Å². The topological polar surface area (TPSA) is 265 Å². The highest BCUT2D eigenvalue weighted by molar-refractivity contribution is 7.89. The summed E-state index contributed by atoms with van der Waals surface area (Å²) in [5, 5.41) is 55.4. The van der Waals surface area contributed by atoms with Crippen molar-refractivity contribution in [3.8, 4) is 16.9 Å². The summed E-state index contributed by atoms with van der Waals surface area (Å²) in [6, 6.07) is 15.9. The second kappa shape index (κ2) is 11.0. The molecule has 0 saturated heterocycles. The van der Waals surface area contributed by atoms with Crippen LogP contribution in [0.3, 0.4) is 0 Å². The zero-order chi connectivity index (χ0) is 32.0. The van der Waals surface area contributed by atoms with E-state index in [4.69, 9.17) is 10.3 Å². The van der Waals surface area contributed by atoms with Gasteiger partial charge in [-0.3, -0.25) is 4.79 Å². The van der Waals surface area contributed by atoms with Gasteiger partial charge in [-0.25, -0.2) is 31.9 Å². The Morgan fingerprint density at radius 1 is 0.705 bits per heavy atom. The summed E-state index contributed by atoms with van der Waals surface area (Å²) in [4.78, 5) is 22.3. The van der Waals surface area contributed by atoms with Crippen LogP contribution in [0, 0.1) is 0 Å². The van der Waals surface area contributed by atoms with E-state index >= 15 is 0 Å². The second-order valence-electron chi connectivity index (χ2n) is 9.39. The maximum Gasteiger partial charge on any atom is 0.339 e. The number of benzene rings is 4. The first-order chi connectivity index (χ1) is 20.7. The van der Waals surface area contributed by atoms with Crippen molar-refractivity contribution in [2.45, 2.75) is 15.7 Å². The van der Waals surface area contributed by atoms with Gasteiger partial charge >= 0.3 is 11.9 Å². The summed E-state index contributed by atoms with van der Waals surface area (Å²) in [7, 11) is -9.11. The minimum Gasteiger partial charge on any atom is -0.507 e. The molecule has 17 heteroatoms. The number of nitrogens with zero attached hydrogens (tertiary/aromatic N) is 4. The molecule has 15 nitrogen and oxygen atoms in total. The summed E-state index contributed by atoms with van der Waals surface area (Å²) in [5.41, 5.74) is -0.524. The van der Waals surface area contributed by atoms with Gasteiger partial charge in [-0.2, -0.15) is 5.11 Å². The van der Waals surface area contributed by atoms with Gasteiger partial charge in [-0.05, 0) is 53.1 Å². The number of rotatable bonds is 8. The number of azo groups is 2. The Bertz CT molecular complexity index is 2150. The standard InChI is InChI=1S/C27H20N6O9S2/c28-43(39,40)24-18(31-30-15-8-11-21(34)17(12-15)26(35)36)2-1-3-19(24)32-33-20-10-9-16-22(25(20)44(29,41)42)13-4-6-14(7-5-13)23(16)27(37)38/h1-12,23,34H,(H,35,36)(H,37,38)(H2,28,39,40)(H2,29,41,42). The maximum atomic E-state index is 12.9. The predicted octanol–water partition coefficient (Wildman–Crippen LogP) is 4.41. The molecule has 44 heavy (non-hydrogen) atoms. The zero-order valence-corrected chi connectivity index (χ0v) is 23.7. The van der Waals surface area contributed by atoms with Crippen molar-refractivity contribution >= 4 is 54.7 Å². The van der Waals surface area contributed by atoms with Gasteiger partial charge in [0.1, 0.15) is 44.1 Å². The van der Waals surface area contributed by atoms with Crippen LogP contribution in [0.4, 0.5) is 22.7 Å². The first-order valence-electron chi connectivity index (χ1n) is 12.2. The molecule has 0 heterocycles. The molecule has 0 aliphatic heterocycles. The van der Waals surface area contributed by atoms with E-state index < -0.39 is 59.0 Å². The lowest BCUT2D eigenvalue weighted by Crippen LogP contribution is -2.17. The van der Waals surface area contributed by atoms with Gasteiger partial charge in [0.05, 0.1) is 5.69 Å². The van der Waals surface area contributed by atoms with E-state index in [-0.39, 0.29) is 33.9 Å². The first kappa shape index (κ1) is 30.1. The van der Waals surface area contributed by atoms with Gasteiger partial charge in [-0.1, -0.05) is 36.4 Å². The molecule has 4 aromatic carbocycles. The molecule has 0 radical (unpaired) electrons. The van der Waals surface area contributed by atoms with Crippen LogP contribution < -0.4 is 10.3 Å². The number of phenols is 1. The normalized spacial score (nSPS) is 14.5. The van der Waals surface area contributed by atoms with Gasteiger partial charge < -0.3 is 15.3 Å². The molecule has 4 aromatic rings. The molecule has 0 aromatic heterocycles. The molecule has 0 saturated carbocycles. The number of carboxylic acids is 2. The third-order valence-corrected chi connectivity index (χ3v) is 8.52. The van der Waals surface area contributed by atoms with E-state index in [9.17, 15) is 41.7 Å². The average molecular weight is 637 g/mol. The number of hydrogen-bond donors (Lipinski definition) is 5. The van der Waals surface area contributed by atoms with Crippen LogP contribution in [0.25, 0.3) is 11.1 Å². The summed E-state index contributed by atoms with van der Waals surface area (Å²) < 4.78 is 50.9. The van der Waals surface area contributed by atoms with Crippen LogP contribution in [-0.2, 0) is 24.8 Å². The monoisotopic (exact) mass is 636 g/mol. The molecule has 7 N–H and O–H groups in total. The van der Waals surface area contributed by atoms with Crippen molar-refractivity contribution in [1.29, 1.82) is 0 Å². The highest BCUT2D eigenvalue weighted by Crippen LogP contribution is 2.45. The molecular weight excluding hydrogens is 616 g/mol. The third-order valence-electron chi connectivity index (χ3n) is 6.55. The van der Waals surface area contributed by atoms with Crippen LogP contribution in [0.1, 0.15) is 27.4 Å². The molecule has 0 spiro atoms. The van der Waals surface area contributed by atoms with Gasteiger partial charge in [-0.15, -0.1) is 15.3 Å². The summed E-state index contributed by atoms with van der Waals surface area (Å²) in [6.07, 6.45) is 0. The fourth-order valence-corrected chi connectivity index (χ4v) is 6.45. The molecule has 0 amide bonds. The van der Waals surface area contributed by atoms with Crippen molar-refractivity contribution in [2.75, 3.05) is 0 Å². The Morgan fingerprint density at radius 3 is 1.82 bits per heavy atom. The predicted molar refractivity (Wildman–Crippen MR) is 154 cm³/mol. The van der Waals surface area contributed by atoms with Crippen LogP contribution in [0.2, 0.25) is 0 Å². The van der Waals surface area contributed by atoms with Crippen LogP contribution in [-0.4, -0.2) is 44.1 Å². The highest BCUT2D eigenvalue weighted by Gasteiger charge is 2.33. The SMILES string of the molecule is NS(=O)(=O)c1c(N=Nc2ccc(O)c(C(=O)O)c2)cccc1N=Nc1ccc2c(c1S(N)(=O)=O)-c1ccc(cc1)C2C(=O)O. The number of primary sulfonamides is 2. The number of aliphatic carboxylic acids is 1. The number of fused-ring (bicyclic) bond motifs is 2. The number of aromatic carboxylic acids is 1. The van der Waals surface area contributed by atoms with E-state index in [1.54, 1.807) is 24.3 Å². The molecule has 2 bridgehead atoms. The lowest BCUT2D eigenvalue weighted by atomic mass is 9.90. The molecular formula is C27H20N6O9S2. The molecule has 6 rings (SSSR count). The van der Waals surface area contributed by atoms with Crippen molar-refractivity contribution in [1.82, 2.24) is 0 Å². The summed E-state index contributed by atoms with van der Waals surface area (Å²) in [5.74, 6) is -4.36. The number of sulfonamides is 2. The number of hydrogen-bond acceptors (Lipinski definition) is 11. The van der Waals surface area contributed by atoms with Gasteiger partial charge in [0, 0.05) is 5.56 Å². The molecule has 2 aliphatic carbocycles. The molecule has 224 valence electrons. The van der Waals surface area contributed by atoms with Crippen molar-refractivity contribution in [2.24, 2.45) is 30.7 Å². The average Bonchev–Trinajstić information content (AvgIpc) is 3.20. The molecule has 1 atom stereocenters. The largest absolute Gasteiger partial charge is 0.507 e. The Labute approximate surface area is 248 Å². The minimum absolute atomic E-state index is 0.0141. The minimum atomic E-state index is -4.56.